The van der Waals surface area contributed by atoms with Crippen LogP contribution in [0.1, 0.15) is 40.6 Å². The Kier molecular flexibility index (Phi) is 6.50. The molecule has 0 aliphatic carbocycles. The van der Waals surface area contributed by atoms with Gasteiger partial charge in [-0.25, -0.2) is 18.2 Å². The summed E-state index contributed by atoms with van der Waals surface area (Å²) in [7, 11) is -2.39. The predicted molar refractivity (Wildman–Crippen MR) is 107 cm³/mol. The Labute approximate surface area is 172 Å². The largest absolute Gasteiger partial charge is 0.495 e. The molecule has 0 bridgehead atoms. The number of ether oxygens (including phenoxy) is 2. The van der Waals surface area contributed by atoms with Gasteiger partial charge in [-0.1, -0.05) is 0 Å². The van der Waals surface area contributed by atoms with Crippen LogP contribution in [0.3, 0.4) is 0 Å². The average Bonchev–Trinajstić information content (AvgIpc) is 3.40. The van der Waals surface area contributed by atoms with Gasteiger partial charge < -0.3 is 9.47 Å². The van der Waals surface area contributed by atoms with Crippen molar-refractivity contribution in [1.82, 2.24) is 9.29 Å². The first kappa shape index (κ1) is 21.2. The minimum atomic E-state index is -3.77. The van der Waals surface area contributed by atoms with E-state index in [1.54, 1.807) is 6.92 Å². The summed E-state index contributed by atoms with van der Waals surface area (Å²) in [5.41, 5.74) is 0.232. The maximum atomic E-state index is 12.9. The van der Waals surface area contributed by atoms with E-state index in [9.17, 15) is 18.0 Å². The molecule has 156 valence electrons. The SMILES string of the molecule is CCOC(=O)c1csc(NC(=O)c2ccc(OC)c(S(=O)(=O)N3CCCC3)c2)n1. The molecular weight excluding hydrogens is 418 g/mol. The van der Waals surface area contributed by atoms with E-state index >= 15 is 0 Å². The predicted octanol–water partition coefficient (Wildman–Crippen LogP) is 2.37. The van der Waals surface area contributed by atoms with Gasteiger partial charge in [0.25, 0.3) is 5.91 Å². The molecule has 0 radical (unpaired) electrons. The van der Waals surface area contributed by atoms with E-state index in [-0.39, 0.29) is 33.6 Å². The van der Waals surface area contributed by atoms with E-state index in [1.165, 1.54) is 35.0 Å². The molecule has 0 unspecified atom stereocenters. The molecule has 9 nitrogen and oxygen atoms in total. The molecule has 1 aliphatic rings. The summed E-state index contributed by atoms with van der Waals surface area (Å²) < 4.78 is 37.3. The Morgan fingerprint density at radius 1 is 1.28 bits per heavy atom. The van der Waals surface area contributed by atoms with Crippen molar-refractivity contribution >= 4 is 38.4 Å². The fourth-order valence-electron chi connectivity index (χ4n) is 2.89. The van der Waals surface area contributed by atoms with Gasteiger partial charge in [0.15, 0.2) is 10.8 Å². The number of esters is 1. The summed E-state index contributed by atoms with van der Waals surface area (Å²) in [4.78, 5) is 28.3. The fraction of sp³-hybridized carbons (Fsp3) is 0.389. The minimum absolute atomic E-state index is 0.0547. The smallest absolute Gasteiger partial charge is 0.357 e. The second-order valence-electron chi connectivity index (χ2n) is 6.19. The first-order valence-electron chi connectivity index (χ1n) is 8.99. The number of benzene rings is 1. The van der Waals surface area contributed by atoms with E-state index < -0.39 is 21.9 Å². The van der Waals surface area contributed by atoms with E-state index in [0.717, 1.165) is 24.2 Å². The van der Waals surface area contributed by atoms with Crippen LogP contribution < -0.4 is 10.1 Å². The van der Waals surface area contributed by atoms with Crippen molar-refractivity contribution in [1.29, 1.82) is 0 Å². The number of nitrogens with zero attached hydrogens (tertiary/aromatic N) is 2. The number of carbonyl (C=O) groups is 2. The number of rotatable bonds is 7. The van der Waals surface area contributed by atoms with Crippen LogP contribution in [0, 0.1) is 0 Å². The molecule has 1 aromatic heterocycles. The van der Waals surface area contributed by atoms with Gasteiger partial charge in [0.05, 0.1) is 13.7 Å². The van der Waals surface area contributed by atoms with Crippen molar-refractivity contribution in [3.63, 3.8) is 0 Å². The van der Waals surface area contributed by atoms with Gasteiger partial charge in [-0.3, -0.25) is 10.1 Å². The van der Waals surface area contributed by atoms with Crippen LogP contribution in [0.15, 0.2) is 28.5 Å². The van der Waals surface area contributed by atoms with Crippen LogP contribution in [0.25, 0.3) is 0 Å². The van der Waals surface area contributed by atoms with Crippen LogP contribution >= 0.6 is 11.3 Å². The Morgan fingerprint density at radius 2 is 2.00 bits per heavy atom. The van der Waals surface area contributed by atoms with Gasteiger partial charge in [-0.15, -0.1) is 11.3 Å². The van der Waals surface area contributed by atoms with Crippen molar-refractivity contribution in [3.05, 3.63) is 34.8 Å². The molecule has 29 heavy (non-hydrogen) atoms. The number of methoxy groups -OCH3 is 1. The normalized spacial score (nSPS) is 14.6. The maximum Gasteiger partial charge on any atom is 0.357 e. The third-order valence-corrected chi connectivity index (χ3v) is 7.00. The highest BCUT2D eigenvalue weighted by Gasteiger charge is 2.30. The maximum absolute atomic E-state index is 12.9. The Hall–Kier alpha value is -2.50. The van der Waals surface area contributed by atoms with Crippen LogP contribution in [0.5, 0.6) is 5.75 Å². The minimum Gasteiger partial charge on any atom is -0.495 e. The molecule has 2 aromatic rings. The monoisotopic (exact) mass is 439 g/mol. The lowest BCUT2D eigenvalue weighted by Gasteiger charge is -2.18. The number of nitrogens with one attached hydrogen (secondary N) is 1. The van der Waals surface area contributed by atoms with Crippen molar-refractivity contribution in [2.24, 2.45) is 0 Å². The second kappa shape index (κ2) is 8.89. The molecule has 3 rings (SSSR count). The summed E-state index contributed by atoms with van der Waals surface area (Å²) in [6.07, 6.45) is 1.60. The number of amides is 1. The van der Waals surface area contributed by atoms with Crippen molar-refractivity contribution < 1.29 is 27.5 Å². The molecule has 1 amide bonds. The number of hydrogen-bond donors (Lipinski definition) is 1. The summed E-state index contributed by atoms with van der Waals surface area (Å²) in [5, 5.41) is 4.26. The van der Waals surface area contributed by atoms with E-state index in [2.05, 4.69) is 10.3 Å². The fourth-order valence-corrected chi connectivity index (χ4v) is 5.26. The van der Waals surface area contributed by atoms with E-state index in [0.29, 0.717) is 13.1 Å². The zero-order chi connectivity index (χ0) is 21.0. The number of sulfonamides is 1. The van der Waals surface area contributed by atoms with Gasteiger partial charge in [-0.2, -0.15) is 4.31 Å². The van der Waals surface area contributed by atoms with Crippen LogP contribution in [0.2, 0.25) is 0 Å². The van der Waals surface area contributed by atoms with Crippen LogP contribution in [-0.2, 0) is 14.8 Å². The molecule has 1 aromatic carbocycles. The number of hydrogen-bond acceptors (Lipinski definition) is 8. The highest BCUT2D eigenvalue weighted by Crippen LogP contribution is 2.30. The molecule has 0 spiro atoms. The Bertz CT molecular complexity index is 1010. The topological polar surface area (TPSA) is 115 Å². The van der Waals surface area contributed by atoms with Gasteiger partial charge in [0.1, 0.15) is 10.6 Å². The first-order chi connectivity index (χ1) is 13.9. The zero-order valence-electron chi connectivity index (χ0n) is 16.0. The van der Waals surface area contributed by atoms with Gasteiger partial charge in [-0.05, 0) is 38.0 Å². The van der Waals surface area contributed by atoms with Gasteiger partial charge >= 0.3 is 5.97 Å². The molecule has 1 fully saturated rings. The van der Waals surface area contributed by atoms with Crippen LogP contribution in [0.4, 0.5) is 5.13 Å². The van der Waals surface area contributed by atoms with Crippen molar-refractivity contribution in [2.45, 2.75) is 24.7 Å². The molecule has 0 atom stereocenters. The molecular formula is C18H21N3O6S2. The third-order valence-electron chi connectivity index (χ3n) is 4.32. The lowest BCUT2D eigenvalue weighted by molar-refractivity contribution is 0.0520. The van der Waals surface area contributed by atoms with E-state index in [1.807, 2.05) is 0 Å². The average molecular weight is 440 g/mol. The zero-order valence-corrected chi connectivity index (χ0v) is 17.6. The van der Waals surface area contributed by atoms with Crippen molar-refractivity contribution in [2.75, 3.05) is 32.1 Å². The van der Waals surface area contributed by atoms with Crippen LogP contribution in [-0.4, -0.2) is 56.4 Å². The number of anilines is 1. The van der Waals surface area contributed by atoms with Gasteiger partial charge in [0, 0.05) is 24.0 Å². The molecule has 11 heteroatoms. The lowest BCUT2D eigenvalue weighted by atomic mass is 10.2. The molecule has 1 saturated heterocycles. The summed E-state index contributed by atoms with van der Waals surface area (Å²) in [6.45, 7) is 2.79. The molecule has 0 saturated carbocycles. The molecule has 1 N–H and O–H groups in total. The number of thiazole rings is 1. The number of aromatic nitrogens is 1. The highest BCUT2D eigenvalue weighted by molar-refractivity contribution is 7.89. The molecule has 2 heterocycles. The quantitative estimate of drug-likeness (QED) is 0.659. The third kappa shape index (κ3) is 4.57. The number of carbonyl (C=O) groups excluding carboxylic acids is 2. The lowest BCUT2D eigenvalue weighted by Crippen LogP contribution is -2.28. The highest BCUT2D eigenvalue weighted by atomic mass is 32.2. The summed E-state index contributed by atoms with van der Waals surface area (Å²) in [6, 6.07) is 4.21. The Morgan fingerprint density at radius 3 is 2.66 bits per heavy atom. The standard InChI is InChI=1S/C18H21N3O6S2/c1-3-27-17(23)13-11-28-18(19-13)20-16(22)12-6-7-14(26-2)15(10-12)29(24,25)21-8-4-5-9-21/h6-7,10-11H,3-5,8-9H2,1-2H3,(H,19,20,22). The summed E-state index contributed by atoms with van der Waals surface area (Å²) in [5.74, 6) is -0.949. The van der Waals surface area contributed by atoms with Gasteiger partial charge in [0.2, 0.25) is 10.0 Å². The Balaban J connectivity index is 1.84. The second-order valence-corrected chi connectivity index (χ2v) is 8.95. The van der Waals surface area contributed by atoms with E-state index in [4.69, 9.17) is 9.47 Å². The first-order valence-corrected chi connectivity index (χ1v) is 11.3. The summed E-state index contributed by atoms with van der Waals surface area (Å²) >= 11 is 1.07. The molecule has 1 aliphatic heterocycles. The van der Waals surface area contributed by atoms with Crippen molar-refractivity contribution in [3.8, 4) is 5.75 Å².